The van der Waals surface area contributed by atoms with Crippen LogP contribution in [-0.2, 0) is 6.42 Å². The van der Waals surface area contributed by atoms with Crippen molar-refractivity contribution in [1.82, 2.24) is 4.98 Å². The largest absolute Gasteiger partial charge is 0.384 e. The van der Waals surface area contributed by atoms with Crippen LogP contribution in [0.1, 0.15) is 40.1 Å². The number of pyridine rings is 1. The number of rotatable bonds is 5. The Kier molecular flexibility index (Phi) is 4.63. The fourth-order valence-corrected chi connectivity index (χ4v) is 3.17. The molecule has 1 atom stereocenters. The molecular formula is C21H19NO3. The first-order valence-electron chi connectivity index (χ1n) is 8.06. The number of allylic oxidation sites excluding steroid dienone is 1. The zero-order valence-electron chi connectivity index (χ0n) is 14.0. The van der Waals surface area contributed by atoms with Crippen LogP contribution in [0.5, 0.6) is 0 Å². The summed E-state index contributed by atoms with van der Waals surface area (Å²) in [5.74, 6) is -0.194. The topological polar surface area (TPSA) is 70.2 Å². The Balaban J connectivity index is 2.41. The first kappa shape index (κ1) is 16.9. The normalized spacial score (nSPS) is 12.1. The lowest BCUT2D eigenvalue weighted by atomic mass is 9.87. The molecule has 0 amide bonds. The van der Waals surface area contributed by atoms with Crippen LogP contribution in [0.3, 0.4) is 0 Å². The highest BCUT2D eigenvalue weighted by Gasteiger charge is 2.23. The van der Waals surface area contributed by atoms with E-state index in [-0.39, 0.29) is 11.2 Å². The van der Waals surface area contributed by atoms with Crippen LogP contribution in [0.15, 0.2) is 66.1 Å². The lowest BCUT2D eigenvalue weighted by Gasteiger charge is -2.20. The van der Waals surface area contributed by atoms with Crippen LogP contribution in [0, 0.1) is 0 Å². The van der Waals surface area contributed by atoms with Gasteiger partial charge in [0.15, 0.2) is 11.2 Å². The number of ketones is 1. The standard InChI is InChI=1S/C21H19NO3/c1-3-7-15-19(21(25)14-8-5-4-6-9-14)16(13(2)23)12-17-18(24)10-11-22-20(15)17/h3-6,8-12,21,25H,1,7H2,2H3,(H,22,24). The molecule has 1 heterocycles. The summed E-state index contributed by atoms with van der Waals surface area (Å²) >= 11 is 0. The van der Waals surface area contributed by atoms with Gasteiger partial charge in [-0.2, -0.15) is 0 Å². The summed E-state index contributed by atoms with van der Waals surface area (Å²) in [7, 11) is 0. The zero-order valence-corrected chi connectivity index (χ0v) is 14.0. The maximum absolute atomic E-state index is 12.3. The molecule has 0 radical (unpaired) electrons. The molecule has 0 aliphatic heterocycles. The fourth-order valence-electron chi connectivity index (χ4n) is 3.17. The molecule has 1 aromatic heterocycles. The molecule has 25 heavy (non-hydrogen) atoms. The number of aliphatic hydroxyl groups excluding tert-OH is 1. The molecular weight excluding hydrogens is 314 g/mol. The van der Waals surface area contributed by atoms with Crippen molar-refractivity contribution in [1.29, 1.82) is 0 Å². The van der Waals surface area contributed by atoms with Crippen molar-refractivity contribution in [3.05, 3.63) is 93.8 Å². The average molecular weight is 333 g/mol. The van der Waals surface area contributed by atoms with E-state index in [1.807, 2.05) is 30.3 Å². The number of aromatic nitrogens is 1. The summed E-state index contributed by atoms with van der Waals surface area (Å²) < 4.78 is 0. The Labute approximate surface area is 145 Å². The van der Waals surface area contributed by atoms with Gasteiger partial charge in [-0.15, -0.1) is 6.58 Å². The number of carbonyl (C=O) groups excluding carboxylic acids is 1. The van der Waals surface area contributed by atoms with Gasteiger partial charge in [0.05, 0.1) is 5.52 Å². The molecule has 0 saturated carbocycles. The Morgan fingerprint density at radius 1 is 1.28 bits per heavy atom. The Bertz CT molecular complexity index is 1000. The second kappa shape index (κ2) is 6.87. The van der Waals surface area contributed by atoms with E-state index in [1.165, 1.54) is 13.0 Å². The van der Waals surface area contributed by atoms with Crippen molar-refractivity contribution in [2.45, 2.75) is 19.4 Å². The van der Waals surface area contributed by atoms with Gasteiger partial charge < -0.3 is 10.1 Å². The third kappa shape index (κ3) is 3.04. The third-order valence-corrected chi connectivity index (χ3v) is 4.32. The Morgan fingerprint density at radius 3 is 2.64 bits per heavy atom. The number of Topliss-reactive ketones (excluding diaryl/α,β-unsaturated/α-hetero) is 1. The van der Waals surface area contributed by atoms with Crippen LogP contribution in [0.2, 0.25) is 0 Å². The summed E-state index contributed by atoms with van der Waals surface area (Å²) in [6.45, 7) is 5.22. The number of nitrogens with one attached hydrogen (secondary N) is 1. The van der Waals surface area contributed by atoms with Gasteiger partial charge in [-0.25, -0.2) is 0 Å². The quantitative estimate of drug-likeness (QED) is 0.554. The van der Waals surface area contributed by atoms with Gasteiger partial charge in [0, 0.05) is 28.8 Å². The van der Waals surface area contributed by atoms with E-state index < -0.39 is 6.10 Å². The molecule has 2 aromatic carbocycles. The van der Waals surface area contributed by atoms with E-state index in [0.717, 1.165) is 0 Å². The van der Waals surface area contributed by atoms with Gasteiger partial charge in [-0.1, -0.05) is 36.4 Å². The Hall–Kier alpha value is -2.98. The number of carbonyl (C=O) groups is 1. The number of benzene rings is 2. The van der Waals surface area contributed by atoms with Gasteiger partial charge in [0.25, 0.3) is 0 Å². The molecule has 2 N–H and O–H groups in total. The maximum atomic E-state index is 12.3. The second-order valence-electron chi connectivity index (χ2n) is 5.94. The molecule has 1 unspecified atom stereocenters. The van der Waals surface area contributed by atoms with E-state index in [2.05, 4.69) is 11.6 Å². The van der Waals surface area contributed by atoms with Gasteiger partial charge >= 0.3 is 0 Å². The number of hydrogen-bond acceptors (Lipinski definition) is 3. The second-order valence-corrected chi connectivity index (χ2v) is 5.94. The van der Waals surface area contributed by atoms with Crippen molar-refractivity contribution >= 4 is 16.7 Å². The molecule has 0 aliphatic rings. The van der Waals surface area contributed by atoms with Crippen LogP contribution in [0.4, 0.5) is 0 Å². The van der Waals surface area contributed by atoms with Crippen molar-refractivity contribution in [3.63, 3.8) is 0 Å². The van der Waals surface area contributed by atoms with Gasteiger partial charge in [-0.3, -0.25) is 9.59 Å². The van der Waals surface area contributed by atoms with Crippen LogP contribution in [-0.4, -0.2) is 15.9 Å². The molecule has 0 spiro atoms. The van der Waals surface area contributed by atoms with Crippen LogP contribution < -0.4 is 5.43 Å². The highest BCUT2D eigenvalue weighted by Crippen LogP contribution is 2.33. The summed E-state index contributed by atoms with van der Waals surface area (Å²) in [6, 6.07) is 12.2. The number of hydrogen-bond donors (Lipinski definition) is 2. The highest BCUT2D eigenvalue weighted by atomic mass is 16.3. The van der Waals surface area contributed by atoms with Crippen LogP contribution in [0.25, 0.3) is 10.9 Å². The van der Waals surface area contributed by atoms with Crippen molar-refractivity contribution in [2.75, 3.05) is 0 Å². The van der Waals surface area contributed by atoms with E-state index in [0.29, 0.717) is 39.6 Å². The Morgan fingerprint density at radius 2 is 2.00 bits per heavy atom. The average Bonchev–Trinajstić information content (AvgIpc) is 2.62. The summed E-state index contributed by atoms with van der Waals surface area (Å²) in [6.07, 6.45) is 2.73. The molecule has 4 nitrogen and oxygen atoms in total. The smallest absolute Gasteiger partial charge is 0.189 e. The molecule has 126 valence electrons. The molecule has 0 fully saturated rings. The van der Waals surface area contributed by atoms with Gasteiger partial charge in [0.2, 0.25) is 0 Å². The third-order valence-electron chi connectivity index (χ3n) is 4.32. The number of aliphatic hydroxyl groups is 1. The van der Waals surface area contributed by atoms with E-state index in [4.69, 9.17) is 0 Å². The van der Waals surface area contributed by atoms with Crippen molar-refractivity contribution < 1.29 is 9.90 Å². The zero-order chi connectivity index (χ0) is 18.0. The summed E-state index contributed by atoms with van der Waals surface area (Å²) in [5, 5.41) is 11.4. The van der Waals surface area contributed by atoms with E-state index in [1.54, 1.807) is 18.3 Å². The minimum atomic E-state index is -0.969. The van der Waals surface area contributed by atoms with Gasteiger partial charge in [0.1, 0.15) is 6.10 Å². The van der Waals surface area contributed by atoms with E-state index >= 15 is 0 Å². The van der Waals surface area contributed by atoms with Crippen LogP contribution >= 0.6 is 0 Å². The molecule has 0 aliphatic carbocycles. The summed E-state index contributed by atoms with van der Waals surface area (Å²) in [5.41, 5.74) is 2.75. The summed E-state index contributed by atoms with van der Waals surface area (Å²) in [4.78, 5) is 27.6. The number of fused-ring (bicyclic) bond motifs is 1. The molecule has 0 bridgehead atoms. The molecule has 3 aromatic rings. The SMILES string of the molecule is C=CCc1c(C(O)c2ccccc2)c(C(C)=O)cc2c(=O)cc[nH]c12. The highest BCUT2D eigenvalue weighted by molar-refractivity contribution is 6.01. The lowest BCUT2D eigenvalue weighted by Crippen LogP contribution is -2.14. The maximum Gasteiger partial charge on any atom is 0.189 e. The molecule has 0 saturated heterocycles. The lowest BCUT2D eigenvalue weighted by molar-refractivity contribution is 0.101. The molecule has 4 heteroatoms. The van der Waals surface area contributed by atoms with E-state index in [9.17, 15) is 14.7 Å². The van der Waals surface area contributed by atoms with Crippen molar-refractivity contribution in [2.24, 2.45) is 0 Å². The van der Waals surface area contributed by atoms with Crippen molar-refractivity contribution in [3.8, 4) is 0 Å². The number of aromatic amines is 1. The predicted octanol–water partition coefficient (Wildman–Crippen LogP) is 3.54. The van der Waals surface area contributed by atoms with Gasteiger partial charge in [-0.05, 0) is 30.5 Å². The fraction of sp³-hybridized carbons (Fsp3) is 0.143. The predicted molar refractivity (Wildman–Crippen MR) is 99.0 cm³/mol. The minimum Gasteiger partial charge on any atom is -0.384 e. The number of H-pyrrole nitrogens is 1. The first-order chi connectivity index (χ1) is 12.0. The first-order valence-corrected chi connectivity index (χ1v) is 8.06. The molecule has 3 rings (SSSR count). The minimum absolute atomic E-state index is 0.165. The monoisotopic (exact) mass is 333 g/mol.